The number of hydrogen-bond acceptors (Lipinski definition) is 3. The number of benzene rings is 1. The Morgan fingerprint density at radius 3 is 2.39 bits per heavy atom. The summed E-state index contributed by atoms with van der Waals surface area (Å²) in [6.45, 7) is 4.07. The van der Waals surface area contributed by atoms with Crippen LogP contribution in [0.25, 0.3) is 0 Å². The molecule has 94 valence electrons. The van der Waals surface area contributed by atoms with E-state index in [9.17, 15) is 0 Å². The van der Waals surface area contributed by atoms with E-state index < -0.39 is 0 Å². The maximum atomic E-state index is 6.10. The van der Waals surface area contributed by atoms with Crippen molar-refractivity contribution in [2.75, 3.05) is 11.1 Å². The molecule has 0 aliphatic rings. The first-order chi connectivity index (χ1) is 8.47. The molecule has 18 heavy (non-hydrogen) atoms. The molecule has 0 saturated heterocycles. The Kier molecular flexibility index (Phi) is 3.78. The first-order valence-corrected chi connectivity index (χ1v) is 6.59. The van der Waals surface area contributed by atoms with Gasteiger partial charge >= 0.3 is 0 Å². The van der Waals surface area contributed by atoms with E-state index in [4.69, 9.17) is 17.3 Å². The lowest BCUT2D eigenvalue weighted by atomic mass is 10.1. The lowest BCUT2D eigenvalue weighted by molar-refractivity contribution is 1.28. The Labute approximate surface area is 119 Å². The zero-order chi connectivity index (χ0) is 13.3. The summed E-state index contributed by atoms with van der Waals surface area (Å²) in [6, 6.07) is 5.77. The second-order valence-electron chi connectivity index (χ2n) is 4.14. The van der Waals surface area contributed by atoms with Crippen LogP contribution < -0.4 is 11.1 Å². The van der Waals surface area contributed by atoms with Crippen LogP contribution in [0.4, 0.5) is 17.2 Å². The van der Waals surface area contributed by atoms with Gasteiger partial charge in [-0.2, -0.15) is 0 Å². The third kappa shape index (κ3) is 2.76. The van der Waals surface area contributed by atoms with E-state index in [1.807, 2.05) is 26.0 Å². The molecule has 0 bridgehead atoms. The summed E-state index contributed by atoms with van der Waals surface area (Å²) in [5.41, 5.74) is 9.43. The predicted molar refractivity (Wildman–Crippen MR) is 80.6 cm³/mol. The number of hydrogen-bond donors (Lipinski definition) is 2. The van der Waals surface area contributed by atoms with Crippen molar-refractivity contribution in [3.63, 3.8) is 0 Å². The Balaban J connectivity index is 2.40. The maximum absolute atomic E-state index is 6.10. The van der Waals surface area contributed by atoms with Crippen LogP contribution in [0.3, 0.4) is 0 Å². The van der Waals surface area contributed by atoms with Crippen LogP contribution in [0.1, 0.15) is 11.1 Å². The van der Waals surface area contributed by atoms with Crippen LogP contribution in [-0.2, 0) is 0 Å². The number of aryl methyl sites for hydroxylation is 2. The van der Waals surface area contributed by atoms with E-state index in [0.717, 1.165) is 21.3 Å². The van der Waals surface area contributed by atoms with Crippen LogP contribution in [0, 0.1) is 13.8 Å². The van der Waals surface area contributed by atoms with Crippen LogP contribution in [-0.4, -0.2) is 4.98 Å². The number of aromatic nitrogens is 1. The number of nitrogens with two attached hydrogens (primary N) is 1. The molecule has 0 spiro atoms. The lowest BCUT2D eigenvalue weighted by Crippen LogP contribution is -2.00. The van der Waals surface area contributed by atoms with Gasteiger partial charge in [-0.25, -0.2) is 4.98 Å². The fourth-order valence-electron chi connectivity index (χ4n) is 1.77. The molecule has 0 saturated carbocycles. The van der Waals surface area contributed by atoms with Crippen molar-refractivity contribution in [2.24, 2.45) is 0 Å². The van der Waals surface area contributed by atoms with Gasteiger partial charge in [-0.05, 0) is 43.2 Å². The standard InChI is InChI=1S/C13H13BrClN3/c1-7-3-9(14)4-8(2)12(7)18-13-11(15)5-10(16)6-17-13/h3-6H,16H2,1-2H3,(H,17,18). The molecular weight excluding hydrogens is 314 g/mol. The van der Waals surface area contributed by atoms with Gasteiger partial charge in [-0.1, -0.05) is 27.5 Å². The Hall–Kier alpha value is -1.26. The normalized spacial score (nSPS) is 10.4. The van der Waals surface area contributed by atoms with Crippen molar-refractivity contribution >= 4 is 44.7 Å². The van der Waals surface area contributed by atoms with Gasteiger partial charge in [0.2, 0.25) is 0 Å². The van der Waals surface area contributed by atoms with Gasteiger partial charge < -0.3 is 11.1 Å². The highest BCUT2D eigenvalue weighted by Crippen LogP contribution is 2.30. The summed E-state index contributed by atoms with van der Waals surface area (Å²) in [5, 5.41) is 3.75. The smallest absolute Gasteiger partial charge is 0.149 e. The average Bonchev–Trinajstić information content (AvgIpc) is 2.25. The summed E-state index contributed by atoms with van der Waals surface area (Å²) in [7, 11) is 0. The summed E-state index contributed by atoms with van der Waals surface area (Å²) < 4.78 is 1.06. The highest BCUT2D eigenvalue weighted by molar-refractivity contribution is 9.10. The molecule has 1 aromatic carbocycles. The third-order valence-corrected chi connectivity index (χ3v) is 3.35. The number of nitrogens with one attached hydrogen (secondary N) is 1. The molecule has 0 aliphatic heterocycles. The SMILES string of the molecule is Cc1cc(Br)cc(C)c1Nc1ncc(N)cc1Cl. The number of rotatable bonds is 2. The zero-order valence-electron chi connectivity index (χ0n) is 10.1. The number of halogens is 2. The quantitative estimate of drug-likeness (QED) is 0.857. The predicted octanol–water partition coefficient (Wildman–Crippen LogP) is 4.44. The minimum absolute atomic E-state index is 0.511. The van der Waals surface area contributed by atoms with Gasteiger partial charge in [0, 0.05) is 10.2 Å². The molecule has 3 N–H and O–H groups in total. The van der Waals surface area contributed by atoms with Gasteiger partial charge in [-0.15, -0.1) is 0 Å². The molecule has 0 aliphatic carbocycles. The topological polar surface area (TPSA) is 50.9 Å². The molecular formula is C13H13BrClN3. The largest absolute Gasteiger partial charge is 0.397 e. The van der Waals surface area contributed by atoms with E-state index >= 15 is 0 Å². The summed E-state index contributed by atoms with van der Waals surface area (Å²) in [5.74, 6) is 0.611. The minimum Gasteiger partial charge on any atom is -0.397 e. The second-order valence-corrected chi connectivity index (χ2v) is 5.46. The number of anilines is 3. The Bertz CT molecular complexity index is 576. The van der Waals surface area contributed by atoms with Crippen molar-refractivity contribution in [1.29, 1.82) is 0 Å². The lowest BCUT2D eigenvalue weighted by Gasteiger charge is -2.13. The first kappa shape index (κ1) is 13.2. The highest BCUT2D eigenvalue weighted by Gasteiger charge is 2.08. The third-order valence-electron chi connectivity index (χ3n) is 2.60. The number of pyridine rings is 1. The monoisotopic (exact) mass is 325 g/mol. The van der Waals surface area contributed by atoms with E-state index in [-0.39, 0.29) is 0 Å². The van der Waals surface area contributed by atoms with Crippen LogP contribution in [0.15, 0.2) is 28.9 Å². The van der Waals surface area contributed by atoms with E-state index in [2.05, 4.69) is 26.2 Å². The second kappa shape index (κ2) is 5.16. The van der Waals surface area contributed by atoms with Crippen LogP contribution >= 0.6 is 27.5 Å². The summed E-state index contributed by atoms with van der Waals surface area (Å²) in [6.07, 6.45) is 1.58. The Morgan fingerprint density at radius 2 is 1.83 bits per heavy atom. The molecule has 2 rings (SSSR count). The van der Waals surface area contributed by atoms with Crippen LogP contribution in [0.5, 0.6) is 0 Å². The fraction of sp³-hybridized carbons (Fsp3) is 0.154. The maximum Gasteiger partial charge on any atom is 0.149 e. The van der Waals surface area contributed by atoms with Gasteiger partial charge in [0.25, 0.3) is 0 Å². The fourth-order valence-corrected chi connectivity index (χ4v) is 2.68. The zero-order valence-corrected chi connectivity index (χ0v) is 12.4. The average molecular weight is 327 g/mol. The van der Waals surface area contributed by atoms with Crippen molar-refractivity contribution < 1.29 is 0 Å². The van der Waals surface area contributed by atoms with Crippen molar-refractivity contribution in [1.82, 2.24) is 4.98 Å². The molecule has 0 atom stereocenters. The molecule has 0 unspecified atom stereocenters. The molecule has 3 nitrogen and oxygen atoms in total. The van der Waals surface area contributed by atoms with Gasteiger partial charge in [0.05, 0.1) is 16.9 Å². The van der Waals surface area contributed by atoms with E-state index in [0.29, 0.717) is 16.5 Å². The molecule has 0 fully saturated rings. The molecule has 5 heteroatoms. The van der Waals surface area contributed by atoms with Gasteiger partial charge in [-0.3, -0.25) is 0 Å². The van der Waals surface area contributed by atoms with Gasteiger partial charge in [0.1, 0.15) is 5.82 Å². The number of nitrogen functional groups attached to an aromatic ring is 1. The van der Waals surface area contributed by atoms with Crippen molar-refractivity contribution in [3.8, 4) is 0 Å². The van der Waals surface area contributed by atoms with Crippen LogP contribution in [0.2, 0.25) is 5.02 Å². The van der Waals surface area contributed by atoms with Gasteiger partial charge in [0.15, 0.2) is 0 Å². The summed E-state index contributed by atoms with van der Waals surface area (Å²) in [4.78, 5) is 4.20. The van der Waals surface area contributed by atoms with Crippen molar-refractivity contribution in [2.45, 2.75) is 13.8 Å². The molecule has 0 radical (unpaired) electrons. The molecule has 2 aromatic rings. The number of nitrogens with zero attached hydrogens (tertiary/aromatic N) is 1. The molecule has 1 aromatic heterocycles. The highest BCUT2D eigenvalue weighted by atomic mass is 79.9. The first-order valence-electron chi connectivity index (χ1n) is 5.42. The summed E-state index contributed by atoms with van der Waals surface area (Å²) >= 11 is 9.57. The molecule has 1 heterocycles. The van der Waals surface area contributed by atoms with Crippen molar-refractivity contribution in [3.05, 3.63) is 45.0 Å². The minimum atomic E-state index is 0.511. The Morgan fingerprint density at radius 1 is 1.22 bits per heavy atom. The van der Waals surface area contributed by atoms with E-state index in [1.165, 1.54) is 0 Å². The molecule has 0 amide bonds. The van der Waals surface area contributed by atoms with E-state index in [1.54, 1.807) is 12.3 Å².